The fourth-order valence-corrected chi connectivity index (χ4v) is 1.80. The Labute approximate surface area is 138 Å². The standard InChI is InChI=1S/C17H16FN3O3/c1-24-14-8-6-12(7-9-14)10-19-16(22)17(23)21-20-11-13-4-2-3-5-15(13)18/h2-9,11H,10H2,1H3,(H,19,22)(H,21,23)/b20-11-. The van der Waals surface area contributed by atoms with Crippen molar-refractivity contribution in [2.75, 3.05) is 7.11 Å². The molecular weight excluding hydrogens is 313 g/mol. The quantitative estimate of drug-likeness (QED) is 0.497. The van der Waals surface area contributed by atoms with Crippen LogP contribution >= 0.6 is 0 Å². The average Bonchev–Trinajstić information content (AvgIpc) is 2.61. The van der Waals surface area contributed by atoms with Crippen LogP contribution in [0.1, 0.15) is 11.1 Å². The van der Waals surface area contributed by atoms with Crippen LogP contribution in [0.5, 0.6) is 5.75 Å². The molecule has 6 nitrogen and oxygen atoms in total. The predicted octanol–water partition coefficient (Wildman–Crippen LogP) is 1.60. The Bertz CT molecular complexity index is 745. The van der Waals surface area contributed by atoms with Crippen LogP contribution < -0.4 is 15.5 Å². The summed E-state index contributed by atoms with van der Waals surface area (Å²) in [5, 5.41) is 6.02. The lowest BCUT2D eigenvalue weighted by atomic mass is 10.2. The van der Waals surface area contributed by atoms with Gasteiger partial charge in [-0.3, -0.25) is 9.59 Å². The van der Waals surface area contributed by atoms with Gasteiger partial charge in [-0.25, -0.2) is 9.82 Å². The van der Waals surface area contributed by atoms with E-state index < -0.39 is 17.6 Å². The third kappa shape index (κ3) is 4.91. The van der Waals surface area contributed by atoms with Crippen molar-refractivity contribution in [1.82, 2.24) is 10.7 Å². The maximum Gasteiger partial charge on any atom is 0.329 e. The third-order valence-electron chi connectivity index (χ3n) is 3.09. The van der Waals surface area contributed by atoms with Crippen LogP contribution in [-0.2, 0) is 16.1 Å². The van der Waals surface area contributed by atoms with Gasteiger partial charge in [-0.15, -0.1) is 0 Å². The number of halogens is 1. The molecule has 2 aromatic rings. The van der Waals surface area contributed by atoms with Crippen molar-refractivity contribution >= 4 is 18.0 Å². The monoisotopic (exact) mass is 329 g/mol. The first kappa shape index (κ1) is 17.1. The molecule has 0 fully saturated rings. The average molecular weight is 329 g/mol. The zero-order chi connectivity index (χ0) is 17.4. The molecule has 0 atom stereocenters. The van der Waals surface area contributed by atoms with E-state index in [4.69, 9.17) is 4.74 Å². The van der Waals surface area contributed by atoms with Crippen LogP contribution in [0.25, 0.3) is 0 Å². The van der Waals surface area contributed by atoms with Crippen molar-refractivity contribution in [1.29, 1.82) is 0 Å². The molecule has 0 spiro atoms. The summed E-state index contributed by atoms with van der Waals surface area (Å²) < 4.78 is 18.4. The summed E-state index contributed by atoms with van der Waals surface area (Å²) >= 11 is 0. The van der Waals surface area contributed by atoms with E-state index in [9.17, 15) is 14.0 Å². The fraction of sp³-hybridized carbons (Fsp3) is 0.118. The Morgan fingerprint density at radius 3 is 2.50 bits per heavy atom. The van der Waals surface area contributed by atoms with E-state index in [2.05, 4.69) is 10.4 Å². The Morgan fingerprint density at radius 1 is 1.12 bits per heavy atom. The minimum Gasteiger partial charge on any atom is -0.497 e. The molecule has 0 bridgehead atoms. The molecule has 0 aliphatic carbocycles. The second-order valence-corrected chi connectivity index (χ2v) is 4.75. The number of methoxy groups -OCH3 is 1. The summed E-state index contributed by atoms with van der Waals surface area (Å²) in [6.07, 6.45) is 1.13. The Morgan fingerprint density at radius 2 is 1.83 bits per heavy atom. The van der Waals surface area contributed by atoms with Gasteiger partial charge >= 0.3 is 11.8 Å². The van der Waals surface area contributed by atoms with Crippen LogP contribution in [0.15, 0.2) is 53.6 Å². The molecule has 2 aromatic carbocycles. The SMILES string of the molecule is COc1ccc(CNC(=O)C(=O)N/N=C\c2ccccc2F)cc1. The highest BCUT2D eigenvalue weighted by atomic mass is 19.1. The first-order valence-electron chi connectivity index (χ1n) is 7.09. The number of hydrazone groups is 1. The molecule has 2 rings (SSSR count). The molecule has 0 unspecified atom stereocenters. The van der Waals surface area contributed by atoms with Crippen LogP contribution in [0, 0.1) is 5.82 Å². The van der Waals surface area contributed by atoms with E-state index in [-0.39, 0.29) is 12.1 Å². The van der Waals surface area contributed by atoms with E-state index in [1.54, 1.807) is 37.4 Å². The van der Waals surface area contributed by atoms with Gasteiger partial charge in [0, 0.05) is 12.1 Å². The Kier molecular flexibility index (Phi) is 6.01. The van der Waals surface area contributed by atoms with Crippen LogP contribution in [0.3, 0.4) is 0 Å². The number of carbonyl (C=O) groups is 2. The topological polar surface area (TPSA) is 79.8 Å². The molecule has 124 valence electrons. The summed E-state index contributed by atoms with van der Waals surface area (Å²) in [7, 11) is 1.56. The van der Waals surface area contributed by atoms with Gasteiger partial charge in [0.1, 0.15) is 11.6 Å². The minimum atomic E-state index is -0.934. The lowest BCUT2D eigenvalue weighted by Gasteiger charge is -2.05. The minimum absolute atomic E-state index is 0.188. The largest absolute Gasteiger partial charge is 0.497 e. The second kappa shape index (κ2) is 8.42. The second-order valence-electron chi connectivity index (χ2n) is 4.75. The number of hydrogen-bond acceptors (Lipinski definition) is 4. The van der Waals surface area contributed by atoms with Crippen LogP contribution in [0.2, 0.25) is 0 Å². The number of benzene rings is 2. The Balaban J connectivity index is 1.81. The molecule has 2 N–H and O–H groups in total. The number of hydrogen-bond donors (Lipinski definition) is 2. The number of nitrogens with one attached hydrogen (secondary N) is 2. The first-order valence-corrected chi connectivity index (χ1v) is 7.09. The number of rotatable bonds is 5. The van der Waals surface area contributed by atoms with Gasteiger partial charge in [0.15, 0.2) is 0 Å². The zero-order valence-corrected chi connectivity index (χ0v) is 13.0. The highest BCUT2D eigenvalue weighted by Gasteiger charge is 2.12. The van der Waals surface area contributed by atoms with Gasteiger partial charge in [-0.05, 0) is 23.8 Å². The smallest absolute Gasteiger partial charge is 0.329 e. The highest BCUT2D eigenvalue weighted by Crippen LogP contribution is 2.10. The highest BCUT2D eigenvalue weighted by molar-refractivity contribution is 6.35. The first-order chi connectivity index (χ1) is 11.6. The van der Waals surface area contributed by atoms with Crippen LogP contribution in [-0.4, -0.2) is 25.1 Å². The zero-order valence-electron chi connectivity index (χ0n) is 13.0. The van der Waals surface area contributed by atoms with Gasteiger partial charge < -0.3 is 10.1 Å². The molecule has 0 heterocycles. The maximum atomic E-state index is 13.3. The molecule has 7 heteroatoms. The Hall–Kier alpha value is -3.22. The number of carbonyl (C=O) groups excluding carboxylic acids is 2. The van der Waals surface area contributed by atoms with Crippen molar-refractivity contribution < 1.29 is 18.7 Å². The fourth-order valence-electron chi connectivity index (χ4n) is 1.80. The number of nitrogens with zero attached hydrogens (tertiary/aromatic N) is 1. The lowest BCUT2D eigenvalue weighted by Crippen LogP contribution is -2.37. The van der Waals surface area contributed by atoms with Crippen molar-refractivity contribution in [3.05, 3.63) is 65.5 Å². The van der Waals surface area contributed by atoms with Crippen LogP contribution in [0.4, 0.5) is 4.39 Å². The summed E-state index contributed by atoms with van der Waals surface area (Å²) in [5.41, 5.74) is 3.06. The van der Waals surface area contributed by atoms with E-state index in [1.165, 1.54) is 18.2 Å². The van der Waals surface area contributed by atoms with E-state index in [1.807, 2.05) is 5.43 Å². The maximum absolute atomic E-state index is 13.3. The van der Waals surface area contributed by atoms with E-state index in [0.717, 1.165) is 11.8 Å². The molecule has 0 saturated heterocycles. The third-order valence-corrected chi connectivity index (χ3v) is 3.09. The molecule has 0 aromatic heterocycles. The molecule has 2 amide bonds. The van der Waals surface area contributed by atoms with Crippen molar-refractivity contribution in [2.24, 2.45) is 5.10 Å². The predicted molar refractivity (Wildman–Crippen MR) is 87.0 cm³/mol. The van der Waals surface area contributed by atoms with Gasteiger partial charge in [-0.2, -0.15) is 5.10 Å². The molecule has 0 aliphatic heterocycles. The van der Waals surface area contributed by atoms with E-state index >= 15 is 0 Å². The van der Waals surface area contributed by atoms with Crippen molar-refractivity contribution in [2.45, 2.75) is 6.54 Å². The van der Waals surface area contributed by atoms with Gasteiger partial charge in [-0.1, -0.05) is 30.3 Å². The van der Waals surface area contributed by atoms with Crippen molar-refractivity contribution in [3.8, 4) is 5.75 Å². The molecule has 0 radical (unpaired) electrons. The molecule has 0 saturated carbocycles. The normalized spacial score (nSPS) is 10.4. The number of amides is 2. The summed E-state index contributed by atoms with van der Waals surface area (Å²) in [5.74, 6) is -1.54. The van der Waals surface area contributed by atoms with Gasteiger partial charge in [0.25, 0.3) is 0 Å². The lowest BCUT2D eigenvalue weighted by molar-refractivity contribution is -0.139. The molecule has 24 heavy (non-hydrogen) atoms. The van der Waals surface area contributed by atoms with E-state index in [0.29, 0.717) is 5.75 Å². The van der Waals surface area contributed by atoms with Gasteiger partial charge in [0.2, 0.25) is 0 Å². The number of ether oxygens (including phenoxy) is 1. The van der Waals surface area contributed by atoms with Crippen molar-refractivity contribution in [3.63, 3.8) is 0 Å². The summed E-state index contributed by atoms with van der Waals surface area (Å²) in [6, 6.07) is 13.0. The molecule has 0 aliphatic rings. The molecular formula is C17H16FN3O3. The summed E-state index contributed by atoms with van der Waals surface area (Å²) in [6.45, 7) is 0.188. The summed E-state index contributed by atoms with van der Waals surface area (Å²) in [4.78, 5) is 23.2. The van der Waals surface area contributed by atoms with Gasteiger partial charge in [0.05, 0.1) is 13.3 Å².